The highest BCUT2D eigenvalue weighted by molar-refractivity contribution is 5.63. The molecule has 0 radical (unpaired) electrons. The lowest BCUT2D eigenvalue weighted by molar-refractivity contribution is -0.143. The van der Waals surface area contributed by atoms with Crippen LogP contribution in [0.25, 0.3) is 0 Å². The summed E-state index contributed by atoms with van der Waals surface area (Å²) >= 11 is 0. The molecule has 2 heterocycles. The number of fused-ring (bicyclic) bond motifs is 1. The zero-order valence-electron chi connectivity index (χ0n) is 19.3. The summed E-state index contributed by atoms with van der Waals surface area (Å²) in [6.45, 7) is 4.35. The van der Waals surface area contributed by atoms with Crippen molar-refractivity contribution in [3.8, 4) is 0 Å². The van der Waals surface area contributed by atoms with E-state index in [0.29, 0.717) is 13.0 Å². The van der Waals surface area contributed by atoms with Gasteiger partial charge in [-0.1, -0.05) is 17.2 Å². The van der Waals surface area contributed by atoms with E-state index >= 15 is 0 Å². The number of nitrogens with zero attached hydrogens (tertiary/aromatic N) is 5. The number of rotatable bonds is 4. The van der Waals surface area contributed by atoms with Crippen molar-refractivity contribution >= 4 is 11.6 Å². The monoisotopic (exact) mass is 498 g/mol. The maximum absolute atomic E-state index is 13.5. The Bertz CT molecular complexity index is 1180. The van der Waals surface area contributed by atoms with E-state index in [-0.39, 0.29) is 24.1 Å². The van der Waals surface area contributed by atoms with Crippen LogP contribution >= 0.6 is 0 Å². The van der Waals surface area contributed by atoms with E-state index in [4.69, 9.17) is 0 Å². The Morgan fingerprint density at radius 1 is 1.03 bits per heavy atom. The zero-order chi connectivity index (χ0) is 25.5. The van der Waals surface area contributed by atoms with Crippen molar-refractivity contribution in [3.05, 3.63) is 63.7 Å². The minimum Gasteiger partial charge on any atom is -0.385 e. The van der Waals surface area contributed by atoms with Crippen LogP contribution in [0.5, 0.6) is 0 Å². The van der Waals surface area contributed by atoms with Gasteiger partial charge in [0.15, 0.2) is 0 Å². The van der Waals surface area contributed by atoms with Crippen LogP contribution in [0.3, 0.4) is 0 Å². The second-order valence-corrected chi connectivity index (χ2v) is 8.68. The third kappa shape index (κ3) is 5.20. The fourth-order valence-electron chi connectivity index (χ4n) is 4.35. The Hall–Kier alpha value is -3.31. The number of hydrogen-bond donors (Lipinski definition) is 1. The van der Waals surface area contributed by atoms with Gasteiger partial charge in [-0.3, -0.25) is 0 Å². The molecule has 35 heavy (non-hydrogen) atoms. The molecular formula is C23H24F6N6. The number of tetrazole rings is 1. The largest absolute Gasteiger partial charge is 0.416 e. The Balaban J connectivity index is 1.84. The fraction of sp³-hybridized carbons (Fsp3) is 0.435. The third-order valence-corrected chi connectivity index (χ3v) is 6.21. The summed E-state index contributed by atoms with van der Waals surface area (Å²) in [5.74, 6) is 0.120. The molecule has 0 aliphatic carbocycles. The number of nitrogens with one attached hydrogen (secondary N) is 1. The van der Waals surface area contributed by atoms with E-state index in [2.05, 4.69) is 20.7 Å². The smallest absolute Gasteiger partial charge is 0.385 e. The molecule has 12 heteroatoms. The molecule has 2 aromatic carbocycles. The highest BCUT2D eigenvalue weighted by atomic mass is 19.4. The molecular weight excluding hydrogens is 474 g/mol. The van der Waals surface area contributed by atoms with E-state index in [1.54, 1.807) is 4.90 Å². The van der Waals surface area contributed by atoms with Crippen molar-refractivity contribution in [2.45, 2.75) is 51.6 Å². The Labute approximate surface area is 197 Å². The zero-order valence-corrected chi connectivity index (χ0v) is 19.3. The lowest BCUT2D eigenvalue weighted by Gasteiger charge is -2.32. The molecule has 1 atom stereocenters. The van der Waals surface area contributed by atoms with Gasteiger partial charge < -0.3 is 10.2 Å². The molecule has 0 amide bonds. The van der Waals surface area contributed by atoms with Gasteiger partial charge in [0.05, 0.1) is 24.2 Å². The Kier molecular flexibility index (Phi) is 6.41. The molecule has 0 fully saturated rings. The standard InChI is InChI=1S/C23H24F6N6/c1-13-6-7-18-19(5-4-8-30-20(18)14(13)2)35(21-31-33-34(3)32-21)12-15-9-16(22(24,25)26)11-17(10-15)23(27,28)29/h6-7,9-11,19,30H,4-5,8,12H2,1-3H3. The first-order chi connectivity index (χ1) is 16.3. The molecule has 0 bridgehead atoms. The lowest BCUT2D eigenvalue weighted by Crippen LogP contribution is -2.30. The van der Waals surface area contributed by atoms with Crippen LogP contribution in [-0.2, 0) is 25.9 Å². The van der Waals surface area contributed by atoms with Gasteiger partial charge in [0.1, 0.15) is 0 Å². The van der Waals surface area contributed by atoms with Gasteiger partial charge in [-0.25, -0.2) is 0 Å². The SMILES string of the molecule is Cc1ccc2c(c1C)NCCCC2N(Cc1cc(C(F)(F)F)cc(C(F)(F)F)c1)c1nnn(C)n1. The van der Waals surface area contributed by atoms with Gasteiger partial charge in [-0.15, -0.1) is 5.10 Å². The number of halogens is 6. The number of hydrogen-bond acceptors (Lipinski definition) is 5. The van der Waals surface area contributed by atoms with Gasteiger partial charge in [0, 0.05) is 18.8 Å². The number of anilines is 2. The quantitative estimate of drug-likeness (QED) is 0.460. The van der Waals surface area contributed by atoms with Crippen molar-refractivity contribution in [2.75, 3.05) is 16.8 Å². The van der Waals surface area contributed by atoms with Gasteiger partial charge in [-0.2, -0.15) is 31.1 Å². The highest BCUT2D eigenvalue weighted by Crippen LogP contribution is 2.40. The first-order valence-corrected chi connectivity index (χ1v) is 11.0. The first kappa shape index (κ1) is 24.8. The van der Waals surface area contributed by atoms with E-state index in [1.165, 1.54) is 11.8 Å². The molecule has 1 aliphatic heterocycles. The van der Waals surface area contributed by atoms with Crippen LogP contribution in [0.15, 0.2) is 30.3 Å². The number of alkyl halides is 6. The minimum absolute atomic E-state index is 0.120. The molecule has 1 unspecified atom stereocenters. The normalized spacial score (nSPS) is 16.4. The number of aryl methyl sites for hydroxylation is 2. The molecule has 6 nitrogen and oxygen atoms in total. The molecule has 1 N–H and O–H groups in total. The first-order valence-electron chi connectivity index (χ1n) is 11.0. The second kappa shape index (κ2) is 9.04. The predicted molar refractivity (Wildman–Crippen MR) is 118 cm³/mol. The van der Waals surface area contributed by atoms with Gasteiger partial charge in [0.25, 0.3) is 5.95 Å². The summed E-state index contributed by atoms with van der Waals surface area (Å²) in [6, 6.07) is 5.10. The van der Waals surface area contributed by atoms with E-state index in [0.717, 1.165) is 40.9 Å². The lowest BCUT2D eigenvalue weighted by atomic mass is 9.95. The van der Waals surface area contributed by atoms with Crippen molar-refractivity contribution in [1.82, 2.24) is 20.2 Å². The Morgan fingerprint density at radius 3 is 2.26 bits per heavy atom. The van der Waals surface area contributed by atoms with E-state index in [1.807, 2.05) is 26.0 Å². The summed E-state index contributed by atoms with van der Waals surface area (Å²) < 4.78 is 80.8. The van der Waals surface area contributed by atoms with Gasteiger partial charge in [-0.05, 0) is 72.4 Å². The average molecular weight is 498 g/mol. The molecule has 3 aromatic rings. The van der Waals surface area contributed by atoms with Crippen molar-refractivity contribution in [3.63, 3.8) is 0 Å². The molecule has 1 aliphatic rings. The van der Waals surface area contributed by atoms with Gasteiger partial charge in [0.2, 0.25) is 0 Å². The summed E-state index contributed by atoms with van der Waals surface area (Å²) in [6.07, 6.45) is -8.55. The minimum atomic E-state index is -4.93. The molecule has 188 valence electrons. The Morgan fingerprint density at radius 2 is 1.69 bits per heavy atom. The van der Waals surface area contributed by atoms with Crippen molar-refractivity contribution in [1.29, 1.82) is 0 Å². The maximum Gasteiger partial charge on any atom is 0.416 e. The van der Waals surface area contributed by atoms with Crippen LogP contribution in [0, 0.1) is 13.8 Å². The summed E-state index contributed by atoms with van der Waals surface area (Å²) in [7, 11) is 1.54. The predicted octanol–water partition coefficient (Wildman–Crippen LogP) is 5.82. The number of benzene rings is 2. The summed E-state index contributed by atoms with van der Waals surface area (Å²) in [5, 5.41) is 15.5. The van der Waals surface area contributed by atoms with Gasteiger partial charge >= 0.3 is 12.4 Å². The average Bonchev–Trinajstić information content (AvgIpc) is 3.08. The molecule has 1 aromatic heterocycles. The fourth-order valence-corrected chi connectivity index (χ4v) is 4.35. The topological polar surface area (TPSA) is 58.9 Å². The molecule has 0 saturated carbocycles. The third-order valence-electron chi connectivity index (χ3n) is 6.21. The van der Waals surface area contributed by atoms with Crippen LogP contribution in [0.2, 0.25) is 0 Å². The van der Waals surface area contributed by atoms with Crippen LogP contribution in [0.1, 0.15) is 52.3 Å². The van der Waals surface area contributed by atoms with Crippen molar-refractivity contribution in [2.24, 2.45) is 7.05 Å². The van der Waals surface area contributed by atoms with Crippen LogP contribution < -0.4 is 10.2 Å². The molecule has 4 rings (SSSR count). The van der Waals surface area contributed by atoms with Crippen LogP contribution in [0.4, 0.5) is 38.0 Å². The van der Waals surface area contributed by atoms with Crippen LogP contribution in [-0.4, -0.2) is 26.8 Å². The second-order valence-electron chi connectivity index (χ2n) is 8.68. The molecule has 0 saturated heterocycles. The highest BCUT2D eigenvalue weighted by Gasteiger charge is 2.37. The number of aromatic nitrogens is 4. The van der Waals surface area contributed by atoms with E-state index < -0.39 is 29.5 Å². The van der Waals surface area contributed by atoms with Crippen molar-refractivity contribution < 1.29 is 26.3 Å². The maximum atomic E-state index is 13.5. The molecule has 0 spiro atoms. The van der Waals surface area contributed by atoms with E-state index in [9.17, 15) is 26.3 Å². The summed E-state index contributed by atoms with van der Waals surface area (Å²) in [4.78, 5) is 2.83. The summed E-state index contributed by atoms with van der Waals surface area (Å²) in [5.41, 5.74) is 1.01.